The Balaban J connectivity index is 0.914. The first-order valence-corrected chi connectivity index (χ1v) is 25.7. The number of fused-ring (bicyclic) bond motifs is 4. The van der Waals surface area contributed by atoms with E-state index in [0.717, 1.165) is 34.8 Å². The summed E-state index contributed by atoms with van der Waals surface area (Å²) in [6.07, 6.45) is 8.61. The van der Waals surface area contributed by atoms with Gasteiger partial charge in [0, 0.05) is 16.9 Å². The molecule has 0 saturated heterocycles. The van der Waals surface area contributed by atoms with Gasteiger partial charge in [0.25, 0.3) is 0 Å². The maximum atomic E-state index is 2.50. The van der Waals surface area contributed by atoms with Crippen molar-refractivity contribution in [3.63, 3.8) is 0 Å². The van der Waals surface area contributed by atoms with Crippen LogP contribution in [0.15, 0.2) is 243 Å². The third kappa shape index (κ3) is 6.51. The van der Waals surface area contributed by atoms with E-state index in [1.807, 2.05) is 0 Å². The van der Waals surface area contributed by atoms with Gasteiger partial charge in [-0.25, -0.2) is 0 Å². The summed E-state index contributed by atoms with van der Waals surface area (Å²) >= 11 is 0. The Morgan fingerprint density at radius 1 is 0.329 bits per heavy atom. The lowest BCUT2D eigenvalue weighted by molar-refractivity contribution is -0.00518. The lowest BCUT2D eigenvalue weighted by atomic mass is 9.48. The third-order valence-electron chi connectivity index (χ3n) is 17.1. The minimum Gasteiger partial charge on any atom is -0.310 e. The summed E-state index contributed by atoms with van der Waals surface area (Å²) in [7, 11) is 0. The predicted octanol–water partition coefficient (Wildman–Crippen LogP) is 18.1. The largest absolute Gasteiger partial charge is 0.310 e. The summed E-state index contributed by atoms with van der Waals surface area (Å²) in [6.45, 7) is 0. The van der Waals surface area contributed by atoms with Crippen molar-refractivity contribution in [1.29, 1.82) is 0 Å². The summed E-state index contributed by atoms with van der Waals surface area (Å²) in [5, 5.41) is 2.52. The van der Waals surface area contributed by atoms with Gasteiger partial charge in [0.1, 0.15) is 0 Å². The standard InChI is InChI=1S/C69H55N/c1-4-15-52(16-5-1)60-24-12-17-54-18-13-25-61(66(54)60)53-33-39-59(40-34-53)70(58-37-31-51(32-38-58)50-29-35-55(36-30-50)68-44-47-41-48(45-68)43-49(42-47)46-68)65-28-14-27-64-67(65)62-23-10-11-26-63(62)69(64,56-19-6-2-7-20-56)57-21-8-3-9-22-57/h1-40,47-49H,41-46H2. The van der Waals surface area contributed by atoms with Gasteiger partial charge in [-0.2, -0.15) is 0 Å². The first-order chi connectivity index (χ1) is 34.6. The Kier molecular flexibility index (Phi) is 9.70. The molecule has 5 aliphatic rings. The van der Waals surface area contributed by atoms with Gasteiger partial charge < -0.3 is 4.90 Å². The SMILES string of the molecule is c1ccc(-c2cccc3cccc(-c4ccc(N(c5ccc(-c6ccc(C78CC9CC(CC(C9)C7)C8)cc6)cc5)c5cccc6c5-c5ccccc5C6(c5ccccc5)c5ccccc5)cc4)c23)cc1. The van der Waals surface area contributed by atoms with Crippen LogP contribution in [0.3, 0.4) is 0 Å². The van der Waals surface area contributed by atoms with Crippen molar-refractivity contribution >= 4 is 27.8 Å². The van der Waals surface area contributed by atoms with Gasteiger partial charge in [-0.05, 0) is 170 Å². The van der Waals surface area contributed by atoms with Crippen molar-refractivity contribution in [3.8, 4) is 44.5 Å². The van der Waals surface area contributed by atoms with Crippen molar-refractivity contribution in [2.75, 3.05) is 4.90 Å². The van der Waals surface area contributed by atoms with E-state index < -0.39 is 5.41 Å². The van der Waals surface area contributed by atoms with E-state index >= 15 is 0 Å². The van der Waals surface area contributed by atoms with Crippen LogP contribution >= 0.6 is 0 Å². The molecule has 336 valence electrons. The Morgan fingerprint density at radius 2 is 0.771 bits per heavy atom. The smallest absolute Gasteiger partial charge is 0.0714 e. The Hall–Kier alpha value is -7.74. The monoisotopic (exact) mass is 897 g/mol. The van der Waals surface area contributed by atoms with Gasteiger partial charge in [0.15, 0.2) is 0 Å². The lowest BCUT2D eigenvalue weighted by Crippen LogP contribution is -2.48. The number of rotatable bonds is 9. The van der Waals surface area contributed by atoms with E-state index in [-0.39, 0.29) is 0 Å². The third-order valence-corrected chi connectivity index (χ3v) is 17.1. The topological polar surface area (TPSA) is 3.24 Å². The molecule has 0 unspecified atom stereocenters. The fraction of sp³-hybridized carbons (Fsp3) is 0.159. The second kappa shape index (κ2) is 16.5. The van der Waals surface area contributed by atoms with Crippen LogP contribution in [-0.4, -0.2) is 0 Å². The number of hydrogen-bond acceptors (Lipinski definition) is 1. The number of nitrogens with zero attached hydrogens (tertiary/aromatic N) is 1. The van der Waals surface area contributed by atoms with E-state index in [1.54, 1.807) is 5.56 Å². The second-order valence-corrected chi connectivity index (χ2v) is 21.0. The average Bonchev–Trinajstić information content (AvgIpc) is 3.73. The molecule has 0 N–H and O–H groups in total. The van der Waals surface area contributed by atoms with Gasteiger partial charge in [0.05, 0.1) is 11.1 Å². The maximum Gasteiger partial charge on any atom is 0.0714 e. The highest BCUT2D eigenvalue weighted by molar-refractivity contribution is 6.06. The van der Waals surface area contributed by atoms with Crippen molar-refractivity contribution in [2.45, 2.75) is 49.4 Å². The molecule has 0 atom stereocenters. The molecular formula is C69H55N. The first-order valence-electron chi connectivity index (χ1n) is 25.7. The maximum absolute atomic E-state index is 2.50. The Bertz CT molecular complexity index is 3460. The van der Waals surface area contributed by atoms with E-state index in [1.165, 1.54) is 116 Å². The molecule has 5 aliphatic carbocycles. The molecule has 4 bridgehead atoms. The summed E-state index contributed by atoms with van der Waals surface area (Å²) in [6, 6.07) is 91.1. The minimum absolute atomic E-state index is 0.401. The molecule has 10 aromatic carbocycles. The lowest BCUT2D eigenvalue weighted by Gasteiger charge is -2.57. The molecule has 0 radical (unpaired) electrons. The molecule has 15 rings (SSSR count). The van der Waals surface area contributed by atoms with Crippen molar-refractivity contribution in [2.24, 2.45) is 17.8 Å². The highest BCUT2D eigenvalue weighted by Gasteiger charge is 2.52. The zero-order valence-electron chi connectivity index (χ0n) is 39.5. The highest BCUT2D eigenvalue weighted by Crippen LogP contribution is 2.62. The summed E-state index contributed by atoms with van der Waals surface area (Å²) < 4.78 is 0. The fourth-order valence-electron chi connectivity index (χ4n) is 14.6. The second-order valence-electron chi connectivity index (χ2n) is 21.0. The van der Waals surface area contributed by atoms with Crippen LogP contribution in [0.1, 0.15) is 66.3 Å². The van der Waals surface area contributed by atoms with Crippen LogP contribution in [-0.2, 0) is 10.8 Å². The van der Waals surface area contributed by atoms with Crippen LogP contribution in [0.25, 0.3) is 55.3 Å². The Labute approximate surface area is 412 Å². The summed E-state index contributed by atoms with van der Waals surface area (Å²) in [4.78, 5) is 2.50. The molecule has 4 saturated carbocycles. The molecule has 1 heteroatoms. The summed E-state index contributed by atoms with van der Waals surface area (Å²) in [5.74, 6) is 2.82. The average molecular weight is 898 g/mol. The summed E-state index contributed by atoms with van der Waals surface area (Å²) in [5.41, 5.74) is 20.0. The molecule has 0 amide bonds. The normalized spacial score (nSPS) is 20.3. The first kappa shape index (κ1) is 41.3. The van der Waals surface area contributed by atoms with Gasteiger partial charge in [-0.1, -0.05) is 212 Å². The van der Waals surface area contributed by atoms with E-state index in [0.29, 0.717) is 5.41 Å². The number of anilines is 3. The molecule has 0 aliphatic heterocycles. The molecule has 10 aromatic rings. The number of benzene rings is 10. The quantitative estimate of drug-likeness (QED) is 0.140. The predicted molar refractivity (Wildman–Crippen MR) is 292 cm³/mol. The molecule has 4 fully saturated rings. The van der Waals surface area contributed by atoms with Gasteiger partial charge in [-0.15, -0.1) is 0 Å². The molecule has 0 spiro atoms. The van der Waals surface area contributed by atoms with E-state index in [2.05, 4.69) is 248 Å². The van der Waals surface area contributed by atoms with Crippen LogP contribution in [0.4, 0.5) is 17.1 Å². The van der Waals surface area contributed by atoms with Gasteiger partial charge >= 0.3 is 0 Å². The minimum atomic E-state index is -0.503. The molecular weight excluding hydrogens is 843 g/mol. The molecule has 0 heterocycles. The highest BCUT2D eigenvalue weighted by atomic mass is 15.1. The van der Waals surface area contributed by atoms with Crippen molar-refractivity contribution in [3.05, 3.63) is 270 Å². The van der Waals surface area contributed by atoms with Crippen molar-refractivity contribution < 1.29 is 0 Å². The van der Waals surface area contributed by atoms with E-state index in [4.69, 9.17) is 0 Å². The van der Waals surface area contributed by atoms with Crippen LogP contribution in [0.2, 0.25) is 0 Å². The Morgan fingerprint density at radius 3 is 1.34 bits per heavy atom. The molecule has 70 heavy (non-hydrogen) atoms. The van der Waals surface area contributed by atoms with Crippen LogP contribution in [0.5, 0.6) is 0 Å². The zero-order valence-corrected chi connectivity index (χ0v) is 39.5. The fourth-order valence-corrected chi connectivity index (χ4v) is 14.6. The van der Waals surface area contributed by atoms with E-state index in [9.17, 15) is 0 Å². The van der Waals surface area contributed by atoms with Gasteiger partial charge in [-0.3, -0.25) is 0 Å². The van der Waals surface area contributed by atoms with Crippen LogP contribution < -0.4 is 4.90 Å². The van der Waals surface area contributed by atoms with Gasteiger partial charge in [0.2, 0.25) is 0 Å². The molecule has 1 nitrogen and oxygen atoms in total. The van der Waals surface area contributed by atoms with Crippen molar-refractivity contribution in [1.82, 2.24) is 0 Å². The number of hydrogen-bond donors (Lipinski definition) is 0. The van der Waals surface area contributed by atoms with Crippen LogP contribution in [0, 0.1) is 17.8 Å². The molecule has 0 aromatic heterocycles. The zero-order chi connectivity index (χ0) is 46.2.